The SMILES string of the molecule is CN=C(NCc1cccc(CN2CCOC(C)C2)c1)N1CCc2ccccc21.I. The molecule has 156 valence electrons. The highest BCUT2D eigenvalue weighted by Crippen LogP contribution is 2.27. The number of ether oxygens (including phenoxy) is 1. The first-order valence-electron chi connectivity index (χ1n) is 10.2. The topological polar surface area (TPSA) is 40.1 Å². The van der Waals surface area contributed by atoms with E-state index in [2.05, 4.69) is 75.6 Å². The summed E-state index contributed by atoms with van der Waals surface area (Å²) in [6, 6.07) is 17.5. The van der Waals surface area contributed by atoms with Gasteiger partial charge in [-0.3, -0.25) is 9.89 Å². The zero-order valence-electron chi connectivity index (χ0n) is 17.3. The quantitative estimate of drug-likeness (QED) is 0.391. The zero-order valence-corrected chi connectivity index (χ0v) is 19.6. The number of benzene rings is 2. The number of guanidine groups is 1. The lowest BCUT2D eigenvalue weighted by atomic mass is 10.1. The number of anilines is 1. The lowest BCUT2D eigenvalue weighted by molar-refractivity contribution is -0.0212. The van der Waals surface area contributed by atoms with E-state index in [0.29, 0.717) is 6.10 Å². The molecular weight excluding hydrogens is 475 g/mol. The molecule has 6 heteroatoms. The molecule has 0 bridgehead atoms. The maximum atomic E-state index is 5.65. The maximum Gasteiger partial charge on any atom is 0.198 e. The van der Waals surface area contributed by atoms with Crippen LogP contribution in [0.4, 0.5) is 5.69 Å². The number of halogens is 1. The second-order valence-electron chi connectivity index (χ2n) is 7.67. The molecule has 2 aliphatic rings. The molecule has 0 aliphatic carbocycles. The number of nitrogens with zero attached hydrogens (tertiary/aromatic N) is 3. The van der Waals surface area contributed by atoms with Crippen LogP contribution in [-0.2, 0) is 24.2 Å². The molecule has 0 spiro atoms. The van der Waals surface area contributed by atoms with Crippen molar-refractivity contribution in [2.45, 2.75) is 32.5 Å². The van der Waals surface area contributed by atoms with Gasteiger partial charge < -0.3 is 15.0 Å². The fraction of sp³-hybridized carbons (Fsp3) is 0.435. The van der Waals surface area contributed by atoms with Gasteiger partial charge in [-0.05, 0) is 36.1 Å². The molecule has 0 aromatic heterocycles. The molecule has 2 aromatic carbocycles. The average molecular weight is 506 g/mol. The van der Waals surface area contributed by atoms with Gasteiger partial charge in [-0.2, -0.15) is 0 Å². The van der Waals surface area contributed by atoms with Crippen LogP contribution in [0.3, 0.4) is 0 Å². The van der Waals surface area contributed by atoms with E-state index in [-0.39, 0.29) is 24.0 Å². The fourth-order valence-electron chi connectivity index (χ4n) is 4.16. The van der Waals surface area contributed by atoms with Gasteiger partial charge >= 0.3 is 0 Å². The minimum Gasteiger partial charge on any atom is -0.376 e. The first-order valence-corrected chi connectivity index (χ1v) is 10.2. The van der Waals surface area contributed by atoms with E-state index in [9.17, 15) is 0 Å². The van der Waals surface area contributed by atoms with Crippen molar-refractivity contribution in [3.8, 4) is 0 Å². The molecule has 29 heavy (non-hydrogen) atoms. The molecule has 0 radical (unpaired) electrons. The first kappa shape index (κ1) is 22.1. The third-order valence-corrected chi connectivity index (χ3v) is 5.53. The highest BCUT2D eigenvalue weighted by atomic mass is 127. The van der Waals surface area contributed by atoms with Gasteiger partial charge in [0, 0.05) is 45.5 Å². The van der Waals surface area contributed by atoms with E-state index in [1.165, 1.54) is 22.4 Å². The van der Waals surface area contributed by atoms with Crippen LogP contribution in [0.15, 0.2) is 53.5 Å². The van der Waals surface area contributed by atoms with Crippen molar-refractivity contribution in [3.05, 3.63) is 65.2 Å². The van der Waals surface area contributed by atoms with E-state index in [4.69, 9.17) is 4.74 Å². The predicted molar refractivity (Wildman–Crippen MR) is 130 cm³/mol. The Morgan fingerprint density at radius 3 is 2.79 bits per heavy atom. The summed E-state index contributed by atoms with van der Waals surface area (Å²) < 4.78 is 5.65. The number of nitrogens with one attached hydrogen (secondary N) is 1. The Bertz CT molecular complexity index is 841. The molecule has 2 aliphatic heterocycles. The van der Waals surface area contributed by atoms with Crippen molar-refractivity contribution in [1.29, 1.82) is 0 Å². The minimum atomic E-state index is 0. The molecule has 2 aromatic rings. The third kappa shape index (κ3) is 5.49. The number of hydrogen-bond donors (Lipinski definition) is 1. The summed E-state index contributed by atoms with van der Waals surface area (Å²) in [5.74, 6) is 0.942. The Morgan fingerprint density at radius 1 is 1.14 bits per heavy atom. The van der Waals surface area contributed by atoms with Crippen LogP contribution >= 0.6 is 24.0 Å². The van der Waals surface area contributed by atoms with E-state index in [1.54, 1.807) is 0 Å². The molecule has 1 unspecified atom stereocenters. The minimum absolute atomic E-state index is 0. The number of para-hydroxylation sites is 1. The molecule has 5 nitrogen and oxygen atoms in total. The normalized spacial score (nSPS) is 19.6. The molecule has 0 amide bonds. The van der Waals surface area contributed by atoms with Crippen LogP contribution in [0.25, 0.3) is 0 Å². The molecule has 2 heterocycles. The number of fused-ring (bicyclic) bond motifs is 1. The number of morpholine rings is 1. The fourth-order valence-corrected chi connectivity index (χ4v) is 4.16. The summed E-state index contributed by atoms with van der Waals surface area (Å²) in [7, 11) is 1.86. The first-order chi connectivity index (χ1) is 13.7. The van der Waals surface area contributed by atoms with Crippen LogP contribution in [-0.4, -0.2) is 50.3 Å². The van der Waals surface area contributed by atoms with Crippen molar-refractivity contribution < 1.29 is 4.74 Å². The van der Waals surface area contributed by atoms with Gasteiger partial charge in [0.25, 0.3) is 0 Å². The highest BCUT2D eigenvalue weighted by molar-refractivity contribution is 14.0. The molecule has 1 saturated heterocycles. The summed E-state index contributed by atoms with van der Waals surface area (Å²) in [5, 5.41) is 3.55. The second kappa shape index (κ2) is 10.4. The molecule has 0 saturated carbocycles. The average Bonchev–Trinajstić information content (AvgIpc) is 3.13. The molecular formula is C23H31IN4O. The van der Waals surface area contributed by atoms with Gasteiger partial charge in [0.15, 0.2) is 5.96 Å². The lowest BCUT2D eigenvalue weighted by Crippen LogP contribution is -2.40. The van der Waals surface area contributed by atoms with Gasteiger partial charge in [0.1, 0.15) is 0 Å². The summed E-state index contributed by atoms with van der Waals surface area (Å²) in [4.78, 5) is 9.28. The molecule has 1 atom stereocenters. The number of aliphatic imine (C=N–C) groups is 1. The van der Waals surface area contributed by atoms with E-state index < -0.39 is 0 Å². The van der Waals surface area contributed by atoms with E-state index >= 15 is 0 Å². The highest BCUT2D eigenvalue weighted by Gasteiger charge is 2.22. The van der Waals surface area contributed by atoms with Crippen molar-refractivity contribution in [2.75, 3.05) is 38.2 Å². The second-order valence-corrected chi connectivity index (χ2v) is 7.67. The van der Waals surface area contributed by atoms with Gasteiger partial charge in [-0.1, -0.05) is 42.5 Å². The van der Waals surface area contributed by atoms with Crippen LogP contribution in [0.1, 0.15) is 23.6 Å². The van der Waals surface area contributed by atoms with E-state index in [1.807, 2.05) is 7.05 Å². The Balaban J connectivity index is 0.00000240. The monoisotopic (exact) mass is 506 g/mol. The zero-order chi connectivity index (χ0) is 19.3. The number of hydrogen-bond acceptors (Lipinski definition) is 3. The predicted octanol–water partition coefficient (Wildman–Crippen LogP) is 3.66. The Kier molecular flexibility index (Phi) is 7.91. The summed E-state index contributed by atoms with van der Waals surface area (Å²) in [5.41, 5.74) is 5.31. The lowest BCUT2D eigenvalue weighted by Gasteiger charge is -2.31. The van der Waals surface area contributed by atoms with Crippen molar-refractivity contribution in [3.63, 3.8) is 0 Å². The largest absolute Gasteiger partial charge is 0.376 e. The smallest absolute Gasteiger partial charge is 0.198 e. The van der Waals surface area contributed by atoms with E-state index in [0.717, 1.165) is 51.7 Å². The van der Waals surface area contributed by atoms with Crippen LogP contribution in [0, 0.1) is 0 Å². The molecule has 1 N–H and O–H groups in total. The Morgan fingerprint density at radius 2 is 1.97 bits per heavy atom. The third-order valence-electron chi connectivity index (χ3n) is 5.53. The van der Waals surface area contributed by atoms with Gasteiger partial charge in [0.2, 0.25) is 0 Å². The van der Waals surface area contributed by atoms with Gasteiger partial charge in [-0.15, -0.1) is 24.0 Å². The standard InChI is InChI=1S/C23H30N4O.HI/c1-18-16-26(12-13-28-18)17-20-7-5-6-19(14-20)15-25-23(24-2)27-11-10-21-8-3-4-9-22(21)27;/h3-9,14,18H,10-13,15-17H2,1-2H3,(H,24,25);1H. The van der Waals surface area contributed by atoms with Crippen molar-refractivity contribution in [1.82, 2.24) is 10.2 Å². The van der Waals surface area contributed by atoms with Crippen molar-refractivity contribution in [2.24, 2.45) is 4.99 Å². The maximum absolute atomic E-state index is 5.65. The van der Waals surface area contributed by atoms with Crippen molar-refractivity contribution >= 4 is 35.6 Å². The van der Waals surface area contributed by atoms with Crippen LogP contribution in [0.5, 0.6) is 0 Å². The van der Waals surface area contributed by atoms with Crippen LogP contribution < -0.4 is 10.2 Å². The Hall–Kier alpha value is -1.64. The summed E-state index contributed by atoms with van der Waals surface area (Å²) in [6.45, 7) is 7.73. The number of rotatable bonds is 4. The van der Waals surface area contributed by atoms with Crippen LogP contribution in [0.2, 0.25) is 0 Å². The summed E-state index contributed by atoms with van der Waals surface area (Å²) in [6.07, 6.45) is 1.40. The van der Waals surface area contributed by atoms with Gasteiger partial charge in [0.05, 0.1) is 12.7 Å². The Labute approximate surface area is 191 Å². The summed E-state index contributed by atoms with van der Waals surface area (Å²) >= 11 is 0. The molecule has 1 fully saturated rings. The van der Waals surface area contributed by atoms with Gasteiger partial charge in [-0.25, -0.2) is 0 Å². The molecule has 4 rings (SSSR count).